The monoisotopic (exact) mass is 403 g/mol. The molecule has 2 unspecified atom stereocenters. The van der Waals surface area contributed by atoms with E-state index in [2.05, 4.69) is 21.5 Å². The van der Waals surface area contributed by atoms with Crippen molar-refractivity contribution in [1.29, 1.82) is 0 Å². The number of imidazole rings is 1. The Balaban J connectivity index is 1.32. The maximum atomic E-state index is 9.88. The molecule has 0 saturated heterocycles. The fourth-order valence-electron chi connectivity index (χ4n) is 4.97. The highest BCUT2D eigenvalue weighted by atomic mass is 35.5. The number of benzene rings is 1. The predicted molar refractivity (Wildman–Crippen MR) is 111 cm³/mol. The van der Waals surface area contributed by atoms with Gasteiger partial charge < -0.3 is 14.4 Å². The molecule has 0 radical (unpaired) electrons. The van der Waals surface area contributed by atoms with Crippen molar-refractivity contribution >= 4 is 11.6 Å². The summed E-state index contributed by atoms with van der Waals surface area (Å²) in [4.78, 5) is 6.51. The first-order valence-electron chi connectivity index (χ1n) is 10.3. The van der Waals surface area contributed by atoms with Crippen LogP contribution >= 0.6 is 11.6 Å². The molecule has 0 spiro atoms. The van der Waals surface area contributed by atoms with E-state index in [9.17, 15) is 5.11 Å². The molecule has 28 heavy (non-hydrogen) atoms. The van der Waals surface area contributed by atoms with E-state index >= 15 is 0 Å². The van der Waals surface area contributed by atoms with Gasteiger partial charge in [-0.25, -0.2) is 4.98 Å². The Morgan fingerprint density at radius 2 is 2.04 bits per heavy atom. The quantitative estimate of drug-likeness (QED) is 0.677. The van der Waals surface area contributed by atoms with Gasteiger partial charge in [0.05, 0.1) is 19.0 Å². The van der Waals surface area contributed by atoms with Gasteiger partial charge >= 0.3 is 0 Å². The number of nitrogens with zero attached hydrogens (tertiary/aromatic N) is 3. The molecule has 1 heterocycles. The van der Waals surface area contributed by atoms with E-state index in [0.717, 1.165) is 48.7 Å². The average molecular weight is 404 g/mol. The Labute approximate surface area is 172 Å². The molecule has 4 atom stereocenters. The molecule has 5 nitrogen and oxygen atoms in total. The number of aryl methyl sites for hydroxylation is 1. The largest absolute Gasteiger partial charge is 0.493 e. The number of aliphatic hydroxyl groups excluding tert-OH is 1. The molecule has 152 valence electrons. The van der Waals surface area contributed by atoms with Crippen LogP contribution in [0.25, 0.3) is 0 Å². The number of halogens is 1. The lowest BCUT2D eigenvalue weighted by atomic mass is 10.0. The number of aromatic nitrogens is 2. The van der Waals surface area contributed by atoms with Crippen LogP contribution in [0.2, 0.25) is 5.02 Å². The van der Waals surface area contributed by atoms with E-state index in [1.165, 1.54) is 12.8 Å². The minimum absolute atomic E-state index is 0.0727. The van der Waals surface area contributed by atoms with Crippen LogP contribution in [0.1, 0.15) is 37.7 Å². The van der Waals surface area contributed by atoms with Crippen LogP contribution in [-0.4, -0.2) is 45.4 Å². The molecule has 4 rings (SSSR count). The molecule has 0 amide bonds. The highest BCUT2D eigenvalue weighted by Crippen LogP contribution is 2.45. The van der Waals surface area contributed by atoms with Crippen LogP contribution in [-0.2, 0) is 13.1 Å². The normalized spacial score (nSPS) is 26.7. The molecule has 2 aliphatic carbocycles. The molecule has 0 aliphatic heterocycles. The number of hydrogen-bond acceptors (Lipinski definition) is 4. The van der Waals surface area contributed by atoms with Crippen LogP contribution in [0, 0.1) is 11.8 Å². The third-order valence-corrected chi connectivity index (χ3v) is 6.64. The molecule has 2 aromatic rings. The first kappa shape index (κ1) is 19.7. The summed E-state index contributed by atoms with van der Waals surface area (Å²) in [7, 11) is 2.20. The first-order chi connectivity index (χ1) is 13.6. The van der Waals surface area contributed by atoms with Crippen LogP contribution in [0.4, 0.5) is 0 Å². The van der Waals surface area contributed by atoms with Gasteiger partial charge in [-0.1, -0.05) is 11.6 Å². The Kier molecular flexibility index (Phi) is 6.24. The third kappa shape index (κ3) is 4.70. The van der Waals surface area contributed by atoms with Gasteiger partial charge in [-0.3, -0.25) is 4.90 Å². The molecule has 1 aromatic carbocycles. The van der Waals surface area contributed by atoms with E-state index in [1.54, 1.807) is 6.20 Å². The van der Waals surface area contributed by atoms with Crippen molar-refractivity contribution in [3.8, 4) is 5.75 Å². The fraction of sp³-hybridized carbons (Fsp3) is 0.591. The summed E-state index contributed by atoms with van der Waals surface area (Å²) in [5, 5.41) is 10.6. The van der Waals surface area contributed by atoms with E-state index in [0.29, 0.717) is 24.5 Å². The molecule has 0 bridgehead atoms. The highest BCUT2D eigenvalue weighted by molar-refractivity contribution is 6.30. The average Bonchev–Trinajstić information content (AvgIpc) is 3.36. The van der Waals surface area contributed by atoms with Crippen LogP contribution in [0.3, 0.4) is 0 Å². The topological polar surface area (TPSA) is 50.5 Å². The first-order valence-corrected chi connectivity index (χ1v) is 10.7. The van der Waals surface area contributed by atoms with Crippen molar-refractivity contribution in [2.75, 3.05) is 13.7 Å². The minimum Gasteiger partial charge on any atom is -0.493 e. The molecular formula is C22H30ClN3O2. The van der Waals surface area contributed by atoms with Crippen molar-refractivity contribution in [3.05, 3.63) is 47.5 Å². The van der Waals surface area contributed by atoms with E-state index < -0.39 is 0 Å². The molecule has 6 heteroatoms. The van der Waals surface area contributed by atoms with Gasteiger partial charge in [-0.05, 0) is 69.2 Å². The van der Waals surface area contributed by atoms with Crippen LogP contribution in [0.15, 0.2) is 36.9 Å². The summed E-state index contributed by atoms with van der Waals surface area (Å²) in [5.74, 6) is 2.32. The second-order valence-corrected chi connectivity index (χ2v) is 8.88. The van der Waals surface area contributed by atoms with Crippen LogP contribution in [0.5, 0.6) is 5.75 Å². The standard InChI is InChI=1S/C22H30ClN3O2/c1-25(20-10-16-12-21(27)13-17(16)11-20)14-18-9-19(23)3-4-22(18)28-8-2-6-26-7-5-24-15-26/h3-5,7,9,15-17,20-21,27H,2,6,8,10-14H2,1H3/t16-,17+,20?,21?. The molecule has 2 saturated carbocycles. The lowest BCUT2D eigenvalue weighted by Gasteiger charge is -2.26. The fourth-order valence-corrected chi connectivity index (χ4v) is 5.17. The maximum absolute atomic E-state index is 9.88. The highest BCUT2D eigenvalue weighted by Gasteiger charge is 2.42. The number of fused-ring (bicyclic) bond motifs is 1. The summed E-state index contributed by atoms with van der Waals surface area (Å²) in [5.41, 5.74) is 1.15. The van der Waals surface area contributed by atoms with Gasteiger partial charge in [0.2, 0.25) is 0 Å². The molecular weight excluding hydrogens is 374 g/mol. The number of aliphatic hydroxyl groups is 1. The van der Waals surface area contributed by atoms with Gasteiger partial charge in [0.1, 0.15) is 5.75 Å². The molecule has 2 aliphatic rings. The van der Waals surface area contributed by atoms with Crippen LogP contribution < -0.4 is 4.74 Å². The summed E-state index contributed by atoms with van der Waals surface area (Å²) in [6, 6.07) is 6.50. The van der Waals surface area contributed by atoms with Crippen molar-refractivity contribution < 1.29 is 9.84 Å². The zero-order valence-corrected chi connectivity index (χ0v) is 17.3. The smallest absolute Gasteiger partial charge is 0.123 e. The van der Waals surface area contributed by atoms with Crippen molar-refractivity contribution in [2.45, 2.75) is 57.3 Å². The summed E-state index contributed by atoms with van der Waals surface area (Å²) in [6.07, 6.45) is 10.8. The SMILES string of the molecule is CN(Cc1cc(Cl)ccc1OCCCn1ccnc1)C1C[C@H]2CC(O)C[C@H]2C1. The summed E-state index contributed by atoms with van der Waals surface area (Å²) >= 11 is 6.27. The zero-order chi connectivity index (χ0) is 19.5. The van der Waals surface area contributed by atoms with E-state index in [-0.39, 0.29) is 6.10 Å². The van der Waals surface area contributed by atoms with E-state index in [1.807, 2.05) is 30.7 Å². The Morgan fingerprint density at radius 3 is 2.75 bits per heavy atom. The third-order valence-electron chi connectivity index (χ3n) is 6.41. The molecule has 1 N–H and O–H groups in total. The Morgan fingerprint density at radius 1 is 1.25 bits per heavy atom. The number of hydrogen-bond donors (Lipinski definition) is 1. The maximum Gasteiger partial charge on any atom is 0.123 e. The lowest BCUT2D eigenvalue weighted by Crippen LogP contribution is -2.30. The van der Waals surface area contributed by atoms with Gasteiger partial charge in [-0.15, -0.1) is 0 Å². The van der Waals surface area contributed by atoms with E-state index in [4.69, 9.17) is 16.3 Å². The van der Waals surface area contributed by atoms with Gasteiger partial charge in [0.15, 0.2) is 0 Å². The number of ether oxygens (including phenoxy) is 1. The second kappa shape index (κ2) is 8.85. The zero-order valence-electron chi connectivity index (χ0n) is 16.5. The molecule has 1 aromatic heterocycles. The van der Waals surface area contributed by atoms with Gasteiger partial charge in [-0.2, -0.15) is 0 Å². The van der Waals surface area contributed by atoms with Crippen molar-refractivity contribution in [1.82, 2.24) is 14.5 Å². The Bertz CT molecular complexity index is 753. The van der Waals surface area contributed by atoms with Crippen molar-refractivity contribution in [2.24, 2.45) is 11.8 Å². The summed E-state index contributed by atoms with van der Waals surface area (Å²) < 4.78 is 8.15. The van der Waals surface area contributed by atoms with Gasteiger partial charge in [0, 0.05) is 42.1 Å². The summed E-state index contributed by atoms with van der Waals surface area (Å²) in [6.45, 7) is 2.41. The second-order valence-electron chi connectivity index (χ2n) is 8.44. The Hall–Kier alpha value is -1.56. The number of rotatable bonds is 8. The van der Waals surface area contributed by atoms with Crippen molar-refractivity contribution in [3.63, 3.8) is 0 Å². The predicted octanol–water partition coefficient (Wildman–Crippen LogP) is 3.99. The minimum atomic E-state index is -0.0727. The van der Waals surface area contributed by atoms with Gasteiger partial charge in [0.25, 0.3) is 0 Å². The lowest BCUT2D eigenvalue weighted by molar-refractivity contribution is 0.157. The molecule has 2 fully saturated rings.